The first-order chi connectivity index (χ1) is 12.5. The topological polar surface area (TPSA) is 58.2 Å². The lowest BCUT2D eigenvalue weighted by Gasteiger charge is -2.28. The maximum Gasteiger partial charge on any atom is 0.243 e. The number of carbonyl (C=O) groups excluding carboxylic acids is 2. The van der Waals surface area contributed by atoms with E-state index in [2.05, 4.69) is 38.3 Å². The van der Waals surface area contributed by atoms with Gasteiger partial charge in [-0.1, -0.05) is 77.8 Å². The van der Waals surface area contributed by atoms with E-state index in [1.165, 1.54) is 0 Å². The number of carbonyl (C=O) groups is 2. The molecule has 0 saturated heterocycles. The minimum atomic E-state index is -0.490. The van der Waals surface area contributed by atoms with Crippen molar-refractivity contribution in [1.29, 1.82) is 0 Å². The minimum absolute atomic E-state index is 0.0527. The quantitative estimate of drug-likeness (QED) is 0.614. The van der Waals surface area contributed by atoms with Crippen LogP contribution in [-0.4, -0.2) is 23.9 Å². The lowest BCUT2D eigenvalue weighted by molar-refractivity contribution is -0.131. The summed E-state index contributed by atoms with van der Waals surface area (Å²) in [7, 11) is 0. The van der Waals surface area contributed by atoms with E-state index in [0.29, 0.717) is 0 Å². The third kappa shape index (κ3) is 6.47. The van der Waals surface area contributed by atoms with Crippen molar-refractivity contribution in [3.05, 3.63) is 35.9 Å². The Morgan fingerprint density at radius 3 is 2.00 bits per heavy atom. The van der Waals surface area contributed by atoms with E-state index in [0.717, 1.165) is 37.7 Å². The monoisotopic (exact) mass is 360 g/mol. The zero-order chi connectivity index (χ0) is 19.5. The Morgan fingerprint density at radius 2 is 1.50 bits per heavy atom. The number of nitrogens with one attached hydrogen (secondary N) is 2. The summed E-state index contributed by atoms with van der Waals surface area (Å²) in [5, 5.41) is 6.15. The van der Waals surface area contributed by atoms with Crippen molar-refractivity contribution in [1.82, 2.24) is 10.6 Å². The van der Waals surface area contributed by atoms with E-state index in [1.54, 1.807) is 0 Å². The molecule has 0 aliphatic rings. The van der Waals surface area contributed by atoms with Gasteiger partial charge in [-0.2, -0.15) is 0 Å². The zero-order valence-electron chi connectivity index (χ0n) is 17.0. The van der Waals surface area contributed by atoms with Gasteiger partial charge in [0.25, 0.3) is 0 Å². The Labute approximate surface area is 159 Å². The molecule has 1 aromatic carbocycles. The van der Waals surface area contributed by atoms with Gasteiger partial charge < -0.3 is 10.6 Å². The Bertz CT molecular complexity index is 540. The molecular weight excluding hydrogens is 324 g/mol. The molecule has 0 aromatic heterocycles. The maximum absolute atomic E-state index is 13.0. The summed E-state index contributed by atoms with van der Waals surface area (Å²) < 4.78 is 0. The molecule has 2 N–H and O–H groups in total. The van der Waals surface area contributed by atoms with Crippen LogP contribution in [0.2, 0.25) is 0 Å². The highest BCUT2D eigenvalue weighted by Gasteiger charge is 2.30. The van der Waals surface area contributed by atoms with Crippen molar-refractivity contribution >= 4 is 11.8 Å². The van der Waals surface area contributed by atoms with Crippen LogP contribution < -0.4 is 10.6 Å². The van der Waals surface area contributed by atoms with Crippen LogP contribution in [0.3, 0.4) is 0 Å². The minimum Gasteiger partial charge on any atom is -0.352 e. The summed E-state index contributed by atoms with van der Waals surface area (Å²) in [5.74, 6) is -0.243. The van der Waals surface area contributed by atoms with Gasteiger partial charge in [0.15, 0.2) is 0 Å². The number of hydrogen-bond acceptors (Lipinski definition) is 2. The fourth-order valence-electron chi connectivity index (χ4n) is 3.16. The van der Waals surface area contributed by atoms with Crippen LogP contribution >= 0.6 is 0 Å². The molecule has 0 bridgehead atoms. The van der Waals surface area contributed by atoms with Crippen LogP contribution in [0.15, 0.2) is 30.3 Å². The van der Waals surface area contributed by atoms with Crippen molar-refractivity contribution in [2.45, 2.75) is 84.7 Å². The highest BCUT2D eigenvalue weighted by Crippen LogP contribution is 2.22. The predicted molar refractivity (Wildman–Crippen MR) is 108 cm³/mol. The van der Waals surface area contributed by atoms with Crippen LogP contribution in [0.25, 0.3) is 0 Å². The number of rotatable bonds is 11. The van der Waals surface area contributed by atoms with Gasteiger partial charge in [0.2, 0.25) is 11.8 Å². The fraction of sp³-hybridized carbons (Fsp3) is 0.636. The second-order valence-corrected chi connectivity index (χ2v) is 7.15. The predicted octanol–water partition coefficient (Wildman–Crippen LogP) is 4.41. The molecule has 0 fully saturated rings. The molecule has 3 atom stereocenters. The molecule has 1 rings (SSSR count). The molecule has 2 amide bonds. The Morgan fingerprint density at radius 1 is 0.885 bits per heavy atom. The van der Waals surface area contributed by atoms with Crippen LogP contribution in [-0.2, 0) is 9.59 Å². The van der Waals surface area contributed by atoms with E-state index < -0.39 is 6.04 Å². The van der Waals surface area contributed by atoms with Crippen LogP contribution in [0.1, 0.15) is 78.2 Å². The number of hydrogen-bond donors (Lipinski definition) is 2. The van der Waals surface area contributed by atoms with Gasteiger partial charge in [0.05, 0.1) is 5.92 Å². The molecule has 4 nitrogen and oxygen atoms in total. The molecule has 0 heterocycles. The van der Waals surface area contributed by atoms with Crippen molar-refractivity contribution in [3.8, 4) is 0 Å². The molecular formula is C22H36N2O2. The molecule has 4 heteroatoms. The zero-order valence-corrected chi connectivity index (χ0v) is 17.0. The highest BCUT2D eigenvalue weighted by atomic mass is 16.2. The lowest BCUT2D eigenvalue weighted by Crippen LogP contribution is -2.53. The van der Waals surface area contributed by atoms with Gasteiger partial charge in [-0.3, -0.25) is 9.59 Å². The van der Waals surface area contributed by atoms with Crippen molar-refractivity contribution in [2.75, 3.05) is 0 Å². The Balaban J connectivity index is 2.94. The Kier molecular flexibility index (Phi) is 10.0. The largest absolute Gasteiger partial charge is 0.352 e. The fourth-order valence-corrected chi connectivity index (χ4v) is 3.16. The molecule has 26 heavy (non-hydrogen) atoms. The molecule has 0 aliphatic carbocycles. The first-order valence-corrected chi connectivity index (χ1v) is 10.1. The van der Waals surface area contributed by atoms with Gasteiger partial charge in [-0.15, -0.1) is 0 Å². The van der Waals surface area contributed by atoms with Crippen molar-refractivity contribution in [2.24, 2.45) is 5.92 Å². The lowest BCUT2D eigenvalue weighted by atomic mass is 9.91. The van der Waals surface area contributed by atoms with E-state index >= 15 is 0 Å². The summed E-state index contributed by atoms with van der Waals surface area (Å²) in [6, 6.07) is 9.51. The summed E-state index contributed by atoms with van der Waals surface area (Å²) in [6.45, 7) is 10.3. The maximum atomic E-state index is 13.0. The summed E-state index contributed by atoms with van der Waals surface area (Å²) >= 11 is 0. The molecule has 146 valence electrons. The van der Waals surface area contributed by atoms with Crippen LogP contribution in [0, 0.1) is 5.92 Å². The third-order valence-corrected chi connectivity index (χ3v) is 5.22. The van der Waals surface area contributed by atoms with Gasteiger partial charge >= 0.3 is 0 Å². The molecule has 0 radical (unpaired) electrons. The Hall–Kier alpha value is -1.84. The molecule has 0 aliphatic heterocycles. The SMILES string of the molecule is CCCC(C(=O)N[C@H](C(=O)NC(CC)CC)[C@@H](C)CC)c1ccccc1. The first kappa shape index (κ1) is 22.2. The summed E-state index contributed by atoms with van der Waals surface area (Å²) in [4.78, 5) is 25.8. The van der Waals surface area contributed by atoms with Crippen molar-refractivity contribution < 1.29 is 9.59 Å². The standard InChI is InChI=1S/C22H36N2O2/c1-6-13-19(17-14-11-10-12-15-17)21(25)24-20(16(5)7-2)22(26)23-18(8-3)9-4/h10-12,14-16,18-20H,6-9,13H2,1-5H3,(H,23,26)(H,24,25)/t16-,19?,20-/m0/s1. The van der Waals surface area contributed by atoms with Gasteiger partial charge in [-0.05, 0) is 30.7 Å². The average molecular weight is 361 g/mol. The molecule has 0 saturated carbocycles. The van der Waals surface area contributed by atoms with E-state index in [9.17, 15) is 9.59 Å². The van der Waals surface area contributed by atoms with E-state index in [4.69, 9.17) is 0 Å². The molecule has 0 spiro atoms. The van der Waals surface area contributed by atoms with Crippen molar-refractivity contribution in [3.63, 3.8) is 0 Å². The van der Waals surface area contributed by atoms with E-state index in [1.807, 2.05) is 37.3 Å². The second kappa shape index (κ2) is 11.7. The van der Waals surface area contributed by atoms with Crippen LogP contribution in [0.4, 0.5) is 0 Å². The first-order valence-electron chi connectivity index (χ1n) is 10.1. The summed E-state index contributed by atoms with van der Waals surface area (Å²) in [6.07, 6.45) is 4.32. The number of amides is 2. The number of benzene rings is 1. The highest BCUT2D eigenvalue weighted by molar-refractivity contribution is 5.90. The van der Waals surface area contributed by atoms with Crippen LogP contribution in [0.5, 0.6) is 0 Å². The molecule has 1 aromatic rings. The summed E-state index contributed by atoms with van der Waals surface area (Å²) in [5.41, 5.74) is 1.01. The average Bonchev–Trinajstić information content (AvgIpc) is 2.67. The molecule has 1 unspecified atom stereocenters. The van der Waals surface area contributed by atoms with E-state index in [-0.39, 0.29) is 29.7 Å². The third-order valence-electron chi connectivity index (χ3n) is 5.22. The second-order valence-electron chi connectivity index (χ2n) is 7.15. The van der Waals surface area contributed by atoms with Gasteiger partial charge in [0, 0.05) is 6.04 Å². The smallest absolute Gasteiger partial charge is 0.243 e. The van der Waals surface area contributed by atoms with Gasteiger partial charge in [0.1, 0.15) is 6.04 Å². The van der Waals surface area contributed by atoms with Gasteiger partial charge in [-0.25, -0.2) is 0 Å². The normalized spacial score (nSPS) is 14.5.